The number of carbonyl (C=O) groups excluding carboxylic acids is 2. The summed E-state index contributed by atoms with van der Waals surface area (Å²) in [5.41, 5.74) is 1.19. The highest BCUT2D eigenvalue weighted by atomic mass is 32.2. The summed E-state index contributed by atoms with van der Waals surface area (Å²) < 4.78 is 33.1. The summed E-state index contributed by atoms with van der Waals surface area (Å²) in [5, 5.41) is 10.2. The van der Waals surface area contributed by atoms with E-state index in [1.807, 2.05) is 14.0 Å². The number of hydrogen-bond donors (Lipinski definition) is 1. The fraction of sp³-hybridized carbons (Fsp3) is 0.458. The van der Waals surface area contributed by atoms with Crippen molar-refractivity contribution in [2.45, 2.75) is 36.8 Å². The van der Waals surface area contributed by atoms with E-state index in [2.05, 4.69) is 4.90 Å². The van der Waals surface area contributed by atoms with E-state index in [9.17, 15) is 23.1 Å². The third-order valence-corrected chi connectivity index (χ3v) is 8.26. The smallest absolute Gasteiger partial charge is 0.411 e. The Labute approximate surface area is 200 Å². The van der Waals surface area contributed by atoms with Gasteiger partial charge in [-0.05, 0) is 57.5 Å². The molecule has 10 heteroatoms. The van der Waals surface area contributed by atoms with E-state index in [0.29, 0.717) is 19.5 Å². The average Bonchev–Trinajstić information content (AvgIpc) is 3.22. The van der Waals surface area contributed by atoms with Gasteiger partial charge >= 0.3 is 6.09 Å². The molecule has 2 aliphatic heterocycles. The maximum Gasteiger partial charge on any atom is 0.415 e. The monoisotopic (exact) mass is 488 g/mol. The molecule has 1 amide bonds. The molecule has 0 bridgehead atoms. The Bertz CT molecular complexity index is 1100. The second-order valence-electron chi connectivity index (χ2n) is 8.96. The van der Waals surface area contributed by atoms with Gasteiger partial charge < -0.3 is 19.6 Å². The number of aliphatic hydroxyl groups excluding tert-OH is 1. The van der Waals surface area contributed by atoms with Crippen molar-refractivity contribution in [3.8, 4) is 0 Å². The molecule has 1 N–H and O–H groups in total. The van der Waals surface area contributed by atoms with Crippen LogP contribution >= 0.6 is 0 Å². The molecule has 4 rings (SSSR count). The van der Waals surface area contributed by atoms with Gasteiger partial charge in [0.05, 0.1) is 17.0 Å². The Hall–Kier alpha value is -2.53. The second-order valence-corrected chi connectivity index (χ2v) is 10.9. The van der Waals surface area contributed by atoms with Gasteiger partial charge in [-0.25, -0.2) is 13.2 Å². The van der Waals surface area contributed by atoms with E-state index in [1.54, 1.807) is 29.5 Å². The van der Waals surface area contributed by atoms with Crippen LogP contribution in [0.2, 0.25) is 0 Å². The van der Waals surface area contributed by atoms with Crippen molar-refractivity contribution in [1.82, 2.24) is 14.1 Å². The fourth-order valence-electron chi connectivity index (χ4n) is 4.30. The number of amides is 1. The van der Waals surface area contributed by atoms with Crippen LogP contribution in [0.25, 0.3) is 0 Å². The summed E-state index contributed by atoms with van der Waals surface area (Å²) in [6.07, 6.45) is 3.83. The minimum Gasteiger partial charge on any atom is -0.411 e. The molecule has 34 heavy (non-hydrogen) atoms. The molecule has 1 aromatic rings. The molecule has 1 radical (unpaired) electrons. The number of rotatable bonds is 5. The number of ether oxygens (including phenoxy) is 1. The predicted octanol–water partition coefficient (Wildman–Crippen LogP) is 1.49. The van der Waals surface area contributed by atoms with Crippen LogP contribution in [0.3, 0.4) is 0 Å². The Morgan fingerprint density at radius 2 is 1.76 bits per heavy atom. The number of β-amino-alcohol motifs (C(OH)–C–C–N with tert-alkyl or cyclic N) is 1. The van der Waals surface area contributed by atoms with Gasteiger partial charge in [0.25, 0.3) is 0 Å². The van der Waals surface area contributed by atoms with Crippen LogP contribution in [0.4, 0.5) is 4.79 Å². The van der Waals surface area contributed by atoms with Gasteiger partial charge in [0.15, 0.2) is 5.78 Å². The SMILES string of the molecule is Cc1ccc(S(=O)(=O)N2CC(O)C[C@H]2C(=O)C2=CC(OC(=O)N3CCN(C)CC3)=CC[CH]2)cc1. The third-order valence-electron chi connectivity index (χ3n) is 6.37. The van der Waals surface area contributed by atoms with Gasteiger partial charge in [-0.2, -0.15) is 4.31 Å². The Kier molecular flexibility index (Phi) is 7.22. The van der Waals surface area contributed by atoms with Crippen LogP contribution < -0.4 is 0 Å². The molecule has 9 nitrogen and oxygen atoms in total. The van der Waals surface area contributed by atoms with Crippen LogP contribution in [0.15, 0.2) is 52.6 Å². The minimum atomic E-state index is -3.97. The average molecular weight is 489 g/mol. The number of piperazine rings is 1. The van der Waals surface area contributed by atoms with Crippen molar-refractivity contribution in [2.75, 3.05) is 39.8 Å². The first-order chi connectivity index (χ1) is 16.1. The molecule has 2 heterocycles. The molecule has 2 atom stereocenters. The van der Waals surface area contributed by atoms with Crippen LogP contribution in [-0.2, 0) is 19.6 Å². The number of likely N-dealkylation sites (N-methyl/N-ethyl adjacent to an activating group) is 1. The molecular formula is C24H30N3O6S. The summed E-state index contributed by atoms with van der Waals surface area (Å²) in [7, 11) is -1.98. The lowest BCUT2D eigenvalue weighted by Gasteiger charge is -2.31. The summed E-state index contributed by atoms with van der Waals surface area (Å²) in [4.78, 5) is 29.7. The number of sulfonamides is 1. The summed E-state index contributed by atoms with van der Waals surface area (Å²) >= 11 is 0. The first-order valence-corrected chi connectivity index (χ1v) is 12.8. The maximum absolute atomic E-state index is 13.4. The molecule has 0 spiro atoms. The lowest BCUT2D eigenvalue weighted by molar-refractivity contribution is -0.118. The zero-order chi connectivity index (χ0) is 24.5. The van der Waals surface area contributed by atoms with Crippen LogP contribution in [0.5, 0.6) is 0 Å². The number of aryl methyl sites for hydroxylation is 1. The standard InChI is InChI=1S/C24H30N3O6S/c1-17-6-8-21(9-7-17)34(31,32)27-16-19(28)15-22(27)23(29)18-4-3-5-20(14-18)33-24(30)26-12-10-25(2)11-13-26/h4-9,14,19,22,28H,3,10-13,15-16H2,1-2H3/t19?,22-/m0/s1. The van der Waals surface area contributed by atoms with Crippen molar-refractivity contribution in [3.05, 3.63) is 59.7 Å². The summed E-state index contributed by atoms with van der Waals surface area (Å²) in [6, 6.07) is 5.36. The third kappa shape index (κ3) is 5.25. The molecule has 1 unspecified atom stereocenters. The van der Waals surface area contributed by atoms with E-state index in [-0.39, 0.29) is 29.2 Å². The zero-order valence-corrected chi connectivity index (χ0v) is 20.2. The van der Waals surface area contributed by atoms with Crippen LogP contribution in [0.1, 0.15) is 18.4 Å². The lowest BCUT2D eigenvalue weighted by Crippen LogP contribution is -2.47. The number of carbonyl (C=O) groups is 2. The zero-order valence-electron chi connectivity index (χ0n) is 19.4. The van der Waals surface area contributed by atoms with Crippen LogP contribution in [0, 0.1) is 13.3 Å². The van der Waals surface area contributed by atoms with Gasteiger partial charge in [-0.3, -0.25) is 4.79 Å². The number of nitrogens with zero attached hydrogens (tertiary/aromatic N) is 3. The largest absolute Gasteiger partial charge is 0.415 e. The highest BCUT2D eigenvalue weighted by Crippen LogP contribution is 2.31. The Morgan fingerprint density at radius 3 is 2.44 bits per heavy atom. The molecule has 183 valence electrons. The Balaban J connectivity index is 1.49. The highest BCUT2D eigenvalue weighted by Gasteiger charge is 2.44. The number of benzene rings is 1. The molecule has 3 aliphatic rings. The number of allylic oxidation sites excluding steroid dienone is 2. The predicted molar refractivity (Wildman–Crippen MR) is 125 cm³/mol. The van der Waals surface area contributed by atoms with Crippen molar-refractivity contribution in [1.29, 1.82) is 0 Å². The van der Waals surface area contributed by atoms with E-state index >= 15 is 0 Å². The minimum absolute atomic E-state index is 0.00916. The van der Waals surface area contributed by atoms with Gasteiger partial charge in [0.1, 0.15) is 5.76 Å². The van der Waals surface area contributed by atoms with Gasteiger partial charge in [-0.1, -0.05) is 17.7 Å². The van der Waals surface area contributed by atoms with Crippen molar-refractivity contribution in [3.63, 3.8) is 0 Å². The molecule has 0 aromatic heterocycles. The summed E-state index contributed by atoms with van der Waals surface area (Å²) in [6.45, 7) is 4.36. The van der Waals surface area contributed by atoms with Gasteiger partial charge in [-0.15, -0.1) is 0 Å². The molecule has 1 aliphatic carbocycles. The normalized spacial score (nSPS) is 24.5. The number of Topliss-reactive ketones (excluding diaryl/α,β-unsaturated/α-hetero) is 1. The molecular weight excluding hydrogens is 458 g/mol. The number of ketones is 1. The van der Waals surface area contributed by atoms with Crippen molar-refractivity contribution < 1.29 is 27.9 Å². The fourth-order valence-corrected chi connectivity index (χ4v) is 5.93. The molecule has 2 fully saturated rings. The first-order valence-electron chi connectivity index (χ1n) is 11.4. The first kappa shape index (κ1) is 24.6. The second kappa shape index (κ2) is 9.99. The quantitative estimate of drug-likeness (QED) is 0.669. The van der Waals surface area contributed by atoms with E-state index in [4.69, 9.17) is 4.74 Å². The Morgan fingerprint density at radius 1 is 1.09 bits per heavy atom. The highest BCUT2D eigenvalue weighted by molar-refractivity contribution is 7.89. The lowest BCUT2D eigenvalue weighted by atomic mass is 9.95. The van der Waals surface area contributed by atoms with Crippen molar-refractivity contribution in [2.24, 2.45) is 0 Å². The van der Waals surface area contributed by atoms with E-state index in [0.717, 1.165) is 23.0 Å². The topological polar surface area (TPSA) is 107 Å². The van der Waals surface area contributed by atoms with Gasteiger partial charge in [0, 0.05) is 38.3 Å². The van der Waals surface area contributed by atoms with Crippen LogP contribution in [-0.4, -0.2) is 91.4 Å². The number of hydrogen-bond acceptors (Lipinski definition) is 7. The number of aliphatic hydroxyl groups is 1. The maximum atomic E-state index is 13.4. The van der Waals surface area contributed by atoms with Crippen molar-refractivity contribution >= 4 is 21.9 Å². The van der Waals surface area contributed by atoms with Gasteiger partial charge in [0.2, 0.25) is 10.0 Å². The molecule has 1 aromatic carbocycles. The summed E-state index contributed by atoms with van der Waals surface area (Å²) in [5.74, 6) is -0.158. The van der Waals surface area contributed by atoms with E-state index in [1.165, 1.54) is 18.2 Å². The molecule has 0 saturated carbocycles. The molecule has 2 saturated heterocycles. The van der Waals surface area contributed by atoms with E-state index < -0.39 is 34.0 Å².